The Kier molecular flexibility index (Phi) is 6.46. The van der Waals surface area contributed by atoms with Gasteiger partial charge in [0.25, 0.3) is 5.91 Å². The van der Waals surface area contributed by atoms with Crippen LogP contribution < -0.4 is 10.0 Å². The Morgan fingerprint density at radius 1 is 0.968 bits per heavy atom. The molecule has 0 unspecified atom stereocenters. The fourth-order valence-corrected chi connectivity index (χ4v) is 5.90. The fraction of sp³-hybridized carbons (Fsp3) is 0.458. The van der Waals surface area contributed by atoms with E-state index in [0.717, 1.165) is 43.5 Å². The lowest BCUT2D eigenvalue weighted by Crippen LogP contribution is -2.46. The van der Waals surface area contributed by atoms with Crippen LogP contribution in [0.4, 0.5) is 0 Å². The molecule has 0 saturated carbocycles. The molecular formula is C24H31N3O3S. The number of carbonyl (C=O) groups excluding carboxylic acids is 1. The Morgan fingerprint density at radius 3 is 2.32 bits per heavy atom. The van der Waals surface area contributed by atoms with Gasteiger partial charge in [0.05, 0.1) is 4.90 Å². The highest BCUT2D eigenvalue weighted by Gasteiger charge is 2.28. The summed E-state index contributed by atoms with van der Waals surface area (Å²) in [4.78, 5) is 15.1. The third kappa shape index (κ3) is 5.17. The first-order chi connectivity index (χ1) is 14.8. The van der Waals surface area contributed by atoms with Gasteiger partial charge in [0.15, 0.2) is 0 Å². The molecule has 1 fully saturated rings. The fourth-order valence-electron chi connectivity index (χ4n) is 4.54. The normalized spacial score (nSPS) is 20.0. The topological polar surface area (TPSA) is 78.5 Å². The van der Waals surface area contributed by atoms with Gasteiger partial charge >= 0.3 is 0 Å². The van der Waals surface area contributed by atoms with Crippen molar-refractivity contribution < 1.29 is 13.2 Å². The van der Waals surface area contributed by atoms with Crippen LogP contribution in [0.2, 0.25) is 0 Å². The summed E-state index contributed by atoms with van der Waals surface area (Å²) in [6.07, 6.45) is 3.02. The molecule has 2 aliphatic rings. The Labute approximate surface area is 185 Å². The van der Waals surface area contributed by atoms with Gasteiger partial charge < -0.3 is 10.2 Å². The van der Waals surface area contributed by atoms with Gasteiger partial charge in [0.1, 0.15) is 0 Å². The van der Waals surface area contributed by atoms with Gasteiger partial charge in [-0.2, -0.15) is 0 Å². The van der Waals surface area contributed by atoms with E-state index < -0.39 is 10.0 Å². The molecule has 1 amide bonds. The molecule has 31 heavy (non-hydrogen) atoms. The smallest absolute Gasteiger partial charge is 0.251 e. The highest BCUT2D eigenvalue weighted by molar-refractivity contribution is 7.89. The number of likely N-dealkylation sites (tertiary alicyclic amines) is 1. The standard InChI is InChI=1S/C24H31N3O3S/c1-17(2)27-12-10-21(11-13-27)26-31(29,30)23-9-8-19-14-22(15-20(19)16-23)25-24(28)18-6-4-3-5-7-18/h3-9,16-17,21-22,26H,10-15H2,1-2H3,(H,25,28)/t22-/m0/s1. The van der Waals surface area contributed by atoms with Gasteiger partial charge in [0.2, 0.25) is 10.0 Å². The largest absolute Gasteiger partial charge is 0.349 e. The van der Waals surface area contributed by atoms with Crippen LogP contribution in [0.1, 0.15) is 48.2 Å². The molecule has 4 rings (SSSR count). The van der Waals surface area contributed by atoms with E-state index in [1.54, 1.807) is 24.3 Å². The van der Waals surface area contributed by atoms with Crippen LogP contribution in [-0.4, -0.2) is 50.4 Å². The zero-order valence-electron chi connectivity index (χ0n) is 18.2. The molecular weight excluding hydrogens is 410 g/mol. The first-order valence-corrected chi connectivity index (χ1v) is 12.5. The lowest BCUT2D eigenvalue weighted by Gasteiger charge is -2.34. The molecule has 6 nitrogen and oxygen atoms in total. The predicted octanol–water partition coefficient (Wildman–Crippen LogP) is 2.73. The SMILES string of the molecule is CC(C)N1CCC(NS(=O)(=O)c2ccc3c(c2)C[C@@H](NC(=O)c2ccccc2)C3)CC1. The second kappa shape index (κ2) is 9.10. The van der Waals surface area contributed by atoms with Crippen LogP contribution in [0.25, 0.3) is 0 Å². The third-order valence-electron chi connectivity index (χ3n) is 6.37. The van der Waals surface area contributed by atoms with Crippen molar-refractivity contribution in [3.63, 3.8) is 0 Å². The average molecular weight is 442 g/mol. The quantitative estimate of drug-likeness (QED) is 0.723. The minimum atomic E-state index is -3.56. The summed E-state index contributed by atoms with van der Waals surface area (Å²) >= 11 is 0. The van der Waals surface area contributed by atoms with Crippen molar-refractivity contribution in [3.8, 4) is 0 Å². The minimum Gasteiger partial charge on any atom is -0.349 e. The lowest BCUT2D eigenvalue weighted by molar-refractivity contribution is 0.0938. The van der Waals surface area contributed by atoms with E-state index >= 15 is 0 Å². The number of piperidine rings is 1. The summed E-state index contributed by atoms with van der Waals surface area (Å²) in [5, 5.41) is 3.07. The van der Waals surface area contributed by atoms with Crippen LogP contribution in [0.5, 0.6) is 0 Å². The van der Waals surface area contributed by atoms with Gasteiger partial charge in [-0.25, -0.2) is 13.1 Å². The summed E-state index contributed by atoms with van der Waals surface area (Å²) < 4.78 is 28.8. The second-order valence-electron chi connectivity index (χ2n) is 8.90. The number of hydrogen-bond acceptors (Lipinski definition) is 4. The maximum Gasteiger partial charge on any atom is 0.251 e. The molecule has 0 bridgehead atoms. The summed E-state index contributed by atoms with van der Waals surface area (Å²) in [6, 6.07) is 14.9. The molecule has 0 spiro atoms. The van der Waals surface area contributed by atoms with Crippen molar-refractivity contribution >= 4 is 15.9 Å². The van der Waals surface area contributed by atoms with E-state index in [9.17, 15) is 13.2 Å². The van der Waals surface area contributed by atoms with Crippen LogP contribution >= 0.6 is 0 Å². The molecule has 1 saturated heterocycles. The van der Waals surface area contributed by atoms with Gasteiger partial charge in [-0.3, -0.25) is 4.79 Å². The molecule has 1 heterocycles. The van der Waals surface area contributed by atoms with Crippen LogP contribution in [0.15, 0.2) is 53.4 Å². The maximum absolute atomic E-state index is 13.0. The van der Waals surface area contributed by atoms with Gasteiger partial charge in [0, 0.05) is 23.7 Å². The van der Waals surface area contributed by atoms with Crippen molar-refractivity contribution in [3.05, 3.63) is 65.2 Å². The molecule has 2 aromatic carbocycles. The minimum absolute atomic E-state index is 0.0195. The average Bonchev–Trinajstić information content (AvgIpc) is 3.16. The number of nitrogens with zero attached hydrogens (tertiary/aromatic N) is 1. The number of benzene rings is 2. The molecule has 2 N–H and O–H groups in total. The number of rotatable bonds is 6. The zero-order chi connectivity index (χ0) is 22.0. The second-order valence-corrected chi connectivity index (χ2v) is 10.6. The van der Waals surface area contributed by atoms with E-state index in [2.05, 4.69) is 28.8 Å². The number of carbonyl (C=O) groups is 1. The molecule has 1 atom stereocenters. The molecule has 166 valence electrons. The zero-order valence-corrected chi connectivity index (χ0v) is 19.0. The van der Waals surface area contributed by atoms with E-state index in [-0.39, 0.29) is 18.0 Å². The Hall–Kier alpha value is -2.22. The number of amides is 1. The molecule has 7 heteroatoms. The number of sulfonamides is 1. The van der Waals surface area contributed by atoms with Crippen molar-refractivity contribution in [1.82, 2.24) is 14.9 Å². The van der Waals surface area contributed by atoms with Crippen LogP contribution in [0.3, 0.4) is 0 Å². The summed E-state index contributed by atoms with van der Waals surface area (Å²) in [7, 11) is -3.56. The van der Waals surface area contributed by atoms with E-state index in [1.807, 2.05) is 24.3 Å². The van der Waals surface area contributed by atoms with Gasteiger partial charge in [-0.05, 0) is 88.0 Å². The van der Waals surface area contributed by atoms with Crippen molar-refractivity contribution in [2.24, 2.45) is 0 Å². The van der Waals surface area contributed by atoms with Crippen molar-refractivity contribution in [2.75, 3.05) is 13.1 Å². The molecule has 0 aromatic heterocycles. The van der Waals surface area contributed by atoms with Gasteiger partial charge in [-0.1, -0.05) is 24.3 Å². The van der Waals surface area contributed by atoms with Crippen molar-refractivity contribution in [1.29, 1.82) is 0 Å². The monoisotopic (exact) mass is 441 g/mol. The molecule has 2 aromatic rings. The summed E-state index contributed by atoms with van der Waals surface area (Å²) in [6.45, 7) is 6.17. The summed E-state index contributed by atoms with van der Waals surface area (Å²) in [5.74, 6) is -0.0966. The van der Waals surface area contributed by atoms with Crippen LogP contribution in [-0.2, 0) is 22.9 Å². The Bertz CT molecular complexity index is 1030. The Morgan fingerprint density at radius 2 is 1.65 bits per heavy atom. The highest BCUT2D eigenvalue weighted by Crippen LogP contribution is 2.26. The third-order valence-corrected chi connectivity index (χ3v) is 7.89. The van der Waals surface area contributed by atoms with Crippen LogP contribution in [0, 0.1) is 0 Å². The molecule has 0 radical (unpaired) electrons. The first-order valence-electron chi connectivity index (χ1n) is 11.1. The van der Waals surface area contributed by atoms with E-state index in [1.165, 1.54) is 0 Å². The Balaban J connectivity index is 1.38. The highest BCUT2D eigenvalue weighted by atomic mass is 32.2. The number of nitrogens with one attached hydrogen (secondary N) is 2. The van der Waals surface area contributed by atoms with E-state index in [0.29, 0.717) is 22.9 Å². The van der Waals surface area contributed by atoms with Crippen molar-refractivity contribution in [2.45, 2.75) is 62.6 Å². The van der Waals surface area contributed by atoms with E-state index in [4.69, 9.17) is 0 Å². The number of hydrogen-bond donors (Lipinski definition) is 2. The number of fused-ring (bicyclic) bond motifs is 1. The van der Waals surface area contributed by atoms with Gasteiger partial charge in [-0.15, -0.1) is 0 Å². The molecule has 1 aliphatic heterocycles. The maximum atomic E-state index is 13.0. The summed E-state index contributed by atoms with van der Waals surface area (Å²) in [5.41, 5.74) is 2.73. The lowest BCUT2D eigenvalue weighted by atomic mass is 10.1. The first kappa shape index (κ1) is 22.0. The molecule has 1 aliphatic carbocycles. The predicted molar refractivity (Wildman–Crippen MR) is 122 cm³/mol.